The van der Waals surface area contributed by atoms with E-state index in [2.05, 4.69) is 34.9 Å². The number of nitrogens with zero attached hydrogens (tertiary/aromatic N) is 3. The first-order valence-electron chi connectivity index (χ1n) is 9.42. The Kier molecular flexibility index (Phi) is 6.29. The molecule has 2 aromatic carbocycles. The topological polar surface area (TPSA) is 56.5 Å². The second-order valence-corrected chi connectivity index (χ2v) is 7.95. The van der Waals surface area contributed by atoms with E-state index in [0.29, 0.717) is 16.7 Å². The van der Waals surface area contributed by atoms with Gasteiger partial charge in [-0.1, -0.05) is 29.8 Å². The van der Waals surface area contributed by atoms with Crippen molar-refractivity contribution in [3.8, 4) is 5.75 Å². The lowest BCUT2D eigenvalue weighted by molar-refractivity contribution is 0.242. The maximum absolute atomic E-state index is 13.1. The van der Waals surface area contributed by atoms with E-state index in [1.165, 1.54) is 4.68 Å². The van der Waals surface area contributed by atoms with Crippen LogP contribution < -0.4 is 10.3 Å². The predicted molar refractivity (Wildman–Crippen MR) is 118 cm³/mol. The molecule has 5 nitrogen and oxygen atoms in total. The number of rotatable bonds is 6. The molecule has 0 fully saturated rings. The van der Waals surface area contributed by atoms with Gasteiger partial charge in [-0.2, -0.15) is 9.78 Å². The average Bonchev–Trinajstić information content (AvgIpc) is 2.67. The van der Waals surface area contributed by atoms with Gasteiger partial charge in [-0.05, 0) is 68.3 Å². The monoisotopic (exact) mass is 441 g/mol. The molecule has 0 bridgehead atoms. The van der Waals surface area contributed by atoms with Crippen molar-refractivity contribution in [1.82, 2.24) is 9.66 Å². The fourth-order valence-corrected chi connectivity index (χ4v) is 3.17. The summed E-state index contributed by atoms with van der Waals surface area (Å²) in [5, 5.41) is 5.02. The third kappa shape index (κ3) is 4.50. The lowest BCUT2D eigenvalue weighted by Crippen LogP contribution is -2.23. The van der Waals surface area contributed by atoms with Gasteiger partial charge in [0.15, 0.2) is 0 Å². The van der Waals surface area contributed by atoms with Gasteiger partial charge in [0.05, 0.1) is 23.2 Å². The van der Waals surface area contributed by atoms with Crippen LogP contribution >= 0.6 is 15.9 Å². The molecule has 1 aromatic heterocycles. The molecule has 1 heterocycles. The fraction of sp³-hybridized carbons (Fsp3) is 0.318. The van der Waals surface area contributed by atoms with E-state index >= 15 is 0 Å². The smallest absolute Gasteiger partial charge is 0.282 e. The Morgan fingerprint density at radius 2 is 1.89 bits per heavy atom. The second kappa shape index (κ2) is 8.69. The zero-order valence-corrected chi connectivity index (χ0v) is 18.1. The third-order valence-corrected chi connectivity index (χ3v) is 4.95. The lowest BCUT2D eigenvalue weighted by atomic mass is 10.1. The molecule has 0 aliphatic heterocycles. The molecule has 0 aliphatic carbocycles. The number of benzene rings is 2. The van der Waals surface area contributed by atoms with Crippen LogP contribution in [-0.4, -0.2) is 22.0 Å². The van der Waals surface area contributed by atoms with E-state index in [-0.39, 0.29) is 17.6 Å². The molecule has 3 rings (SSSR count). The summed E-state index contributed by atoms with van der Waals surface area (Å²) in [4.78, 5) is 17.8. The number of ether oxygens (including phenoxy) is 1. The zero-order valence-electron chi connectivity index (χ0n) is 16.5. The van der Waals surface area contributed by atoms with Crippen molar-refractivity contribution in [2.24, 2.45) is 5.10 Å². The first-order valence-corrected chi connectivity index (χ1v) is 10.2. The van der Waals surface area contributed by atoms with Crippen molar-refractivity contribution in [2.75, 3.05) is 0 Å². The molecule has 28 heavy (non-hydrogen) atoms. The largest absolute Gasteiger partial charge is 0.491 e. The van der Waals surface area contributed by atoms with Gasteiger partial charge >= 0.3 is 0 Å². The van der Waals surface area contributed by atoms with Gasteiger partial charge in [0.25, 0.3) is 5.56 Å². The lowest BCUT2D eigenvalue weighted by Gasteiger charge is -2.14. The summed E-state index contributed by atoms with van der Waals surface area (Å²) in [6, 6.07) is 13.2. The van der Waals surface area contributed by atoms with Crippen LogP contribution in [0.15, 0.2) is 56.8 Å². The maximum atomic E-state index is 13.1. The van der Waals surface area contributed by atoms with Crippen LogP contribution in [0.25, 0.3) is 10.9 Å². The maximum Gasteiger partial charge on any atom is 0.282 e. The fourth-order valence-electron chi connectivity index (χ4n) is 2.81. The summed E-state index contributed by atoms with van der Waals surface area (Å²) in [5.41, 5.74) is 1.40. The highest BCUT2D eigenvalue weighted by Gasteiger charge is 2.15. The van der Waals surface area contributed by atoms with Crippen LogP contribution in [0.3, 0.4) is 0 Å². The highest BCUT2D eigenvalue weighted by molar-refractivity contribution is 9.10. The minimum Gasteiger partial charge on any atom is -0.491 e. The Morgan fingerprint density at radius 1 is 1.18 bits per heavy atom. The first kappa shape index (κ1) is 20.3. The standard InChI is InChI=1S/C22H24BrN3O2/c1-5-15(4)21-25-20-11-8-17(23)12-19(20)22(27)26(21)24-13-16-6-9-18(10-7-16)28-14(2)3/h6-15H,5H2,1-4H3/t15-/m0/s1. The summed E-state index contributed by atoms with van der Waals surface area (Å²) < 4.78 is 7.92. The molecule has 1 atom stereocenters. The Morgan fingerprint density at radius 3 is 2.54 bits per heavy atom. The van der Waals surface area contributed by atoms with Crippen LogP contribution in [-0.2, 0) is 0 Å². The third-order valence-electron chi connectivity index (χ3n) is 4.46. The summed E-state index contributed by atoms with van der Waals surface area (Å²) in [7, 11) is 0. The zero-order chi connectivity index (χ0) is 20.3. The van der Waals surface area contributed by atoms with E-state index < -0.39 is 0 Å². The Bertz CT molecular complexity index is 1060. The molecule has 6 heteroatoms. The SMILES string of the molecule is CC[C@H](C)c1nc2ccc(Br)cc2c(=O)n1N=Cc1ccc(OC(C)C)cc1. The van der Waals surface area contributed by atoms with Crippen molar-refractivity contribution >= 4 is 33.0 Å². The molecular formula is C22H24BrN3O2. The van der Waals surface area contributed by atoms with Gasteiger partial charge in [-0.25, -0.2) is 4.98 Å². The van der Waals surface area contributed by atoms with Crippen molar-refractivity contribution in [2.45, 2.75) is 46.1 Å². The Labute approximate surface area is 173 Å². The van der Waals surface area contributed by atoms with E-state index in [1.807, 2.05) is 50.2 Å². The van der Waals surface area contributed by atoms with Crippen LogP contribution in [0.1, 0.15) is 51.4 Å². The van der Waals surface area contributed by atoms with Crippen molar-refractivity contribution in [1.29, 1.82) is 0 Å². The van der Waals surface area contributed by atoms with E-state index in [4.69, 9.17) is 9.72 Å². The molecule has 0 radical (unpaired) electrons. The number of fused-ring (bicyclic) bond motifs is 1. The molecule has 0 saturated carbocycles. The summed E-state index contributed by atoms with van der Waals surface area (Å²) >= 11 is 3.43. The van der Waals surface area contributed by atoms with Gasteiger partial charge in [0.2, 0.25) is 0 Å². The molecule has 0 N–H and O–H groups in total. The molecule has 0 saturated heterocycles. The molecule has 3 aromatic rings. The van der Waals surface area contributed by atoms with E-state index in [0.717, 1.165) is 22.2 Å². The van der Waals surface area contributed by atoms with Gasteiger partial charge in [-0.15, -0.1) is 0 Å². The Hall–Kier alpha value is -2.47. The predicted octanol–water partition coefficient (Wildman–Crippen LogP) is 5.34. The van der Waals surface area contributed by atoms with E-state index in [9.17, 15) is 4.79 Å². The quantitative estimate of drug-likeness (QED) is 0.484. The second-order valence-electron chi connectivity index (χ2n) is 7.04. The van der Waals surface area contributed by atoms with E-state index in [1.54, 1.807) is 12.3 Å². The normalized spacial score (nSPS) is 12.8. The minimum atomic E-state index is -0.169. The number of halogens is 1. The number of hydrogen-bond donors (Lipinski definition) is 0. The van der Waals surface area contributed by atoms with Crippen molar-refractivity contribution in [3.05, 3.63) is 68.7 Å². The van der Waals surface area contributed by atoms with Crippen molar-refractivity contribution in [3.63, 3.8) is 0 Å². The highest BCUT2D eigenvalue weighted by atomic mass is 79.9. The molecule has 0 unspecified atom stereocenters. The molecule has 0 amide bonds. The van der Waals surface area contributed by atoms with Crippen LogP contribution in [0.2, 0.25) is 0 Å². The number of hydrogen-bond acceptors (Lipinski definition) is 4. The minimum absolute atomic E-state index is 0.111. The Balaban J connectivity index is 2.04. The van der Waals surface area contributed by atoms with Crippen LogP contribution in [0.5, 0.6) is 5.75 Å². The molecule has 0 aliphatic rings. The average molecular weight is 442 g/mol. The molecular weight excluding hydrogens is 418 g/mol. The van der Waals surface area contributed by atoms with Crippen LogP contribution in [0.4, 0.5) is 0 Å². The van der Waals surface area contributed by atoms with Gasteiger partial charge < -0.3 is 4.74 Å². The highest BCUT2D eigenvalue weighted by Crippen LogP contribution is 2.21. The molecule has 0 spiro atoms. The van der Waals surface area contributed by atoms with Gasteiger partial charge in [0, 0.05) is 10.4 Å². The summed E-state index contributed by atoms with van der Waals surface area (Å²) in [6.07, 6.45) is 2.67. The van der Waals surface area contributed by atoms with Gasteiger partial charge in [0.1, 0.15) is 11.6 Å². The van der Waals surface area contributed by atoms with Crippen LogP contribution in [0, 0.1) is 0 Å². The summed E-state index contributed by atoms with van der Waals surface area (Å²) in [5.74, 6) is 1.58. The number of aromatic nitrogens is 2. The summed E-state index contributed by atoms with van der Waals surface area (Å²) in [6.45, 7) is 8.10. The first-order chi connectivity index (χ1) is 13.4. The van der Waals surface area contributed by atoms with Crippen molar-refractivity contribution < 1.29 is 4.74 Å². The molecule has 146 valence electrons. The van der Waals surface area contributed by atoms with Gasteiger partial charge in [-0.3, -0.25) is 4.79 Å².